The number of likely N-dealkylation sites (tertiary alicyclic amines) is 3. The van der Waals surface area contributed by atoms with Crippen molar-refractivity contribution in [1.29, 1.82) is 0 Å². The molecule has 9 N–H and O–H groups in total. The van der Waals surface area contributed by atoms with Crippen molar-refractivity contribution in [3.8, 4) is 28.7 Å². The fourth-order valence-corrected chi connectivity index (χ4v) is 13.3. The van der Waals surface area contributed by atoms with E-state index in [1.165, 1.54) is 24.3 Å². The molecule has 0 radical (unpaired) electrons. The monoisotopic (exact) mass is 1710 g/mol. The van der Waals surface area contributed by atoms with Gasteiger partial charge in [-0.1, -0.05) is 32.4 Å². The Labute approximate surface area is 719 Å². The third-order valence-electron chi connectivity index (χ3n) is 19.5. The number of carbonyl (C=O) groups is 4. The number of benzene rings is 5. The summed E-state index contributed by atoms with van der Waals surface area (Å²) in [5.41, 5.74) is 4.02. The topological polar surface area (TPSA) is 367 Å². The van der Waals surface area contributed by atoms with Crippen LogP contribution in [0.3, 0.4) is 0 Å². The van der Waals surface area contributed by atoms with Crippen LogP contribution in [0.2, 0.25) is 0 Å². The molecule has 5 aromatic heterocycles. The van der Waals surface area contributed by atoms with E-state index in [2.05, 4.69) is 119 Å². The highest BCUT2D eigenvalue weighted by atomic mass is 19.1. The van der Waals surface area contributed by atoms with Crippen molar-refractivity contribution >= 4 is 105 Å². The second-order valence-electron chi connectivity index (χ2n) is 28.8. The number of carbonyl (C=O) groups excluding carboxylic acids is 4. The van der Waals surface area contributed by atoms with Crippen LogP contribution < -0.4 is 66.8 Å². The Bertz CT molecular complexity index is 5090. The zero-order valence-electron chi connectivity index (χ0n) is 68.7. The number of hydrogen-bond acceptors (Lipinski definition) is 28. The minimum absolute atomic E-state index is 0.0174. The van der Waals surface area contributed by atoms with Gasteiger partial charge in [0.15, 0.2) is 46.5 Å². The first kappa shape index (κ1) is 89.9. The number of anilines is 14. The van der Waals surface area contributed by atoms with Crippen molar-refractivity contribution in [2.75, 3.05) is 134 Å². The molecule has 0 bridgehead atoms. The van der Waals surface area contributed by atoms with Gasteiger partial charge in [-0.3, -0.25) is 24.2 Å². The summed E-state index contributed by atoms with van der Waals surface area (Å²) in [6.45, 7) is 21.1. The molecule has 0 unspecified atom stereocenters. The number of pyridine rings is 1. The Balaban J connectivity index is 0.000000152. The molecule has 5 fully saturated rings. The average molecular weight is 1710 g/mol. The van der Waals surface area contributed by atoms with E-state index < -0.39 is 23.3 Å². The van der Waals surface area contributed by atoms with Gasteiger partial charge >= 0.3 is 0 Å². The van der Waals surface area contributed by atoms with Gasteiger partial charge in [0.1, 0.15) is 47.6 Å². The lowest BCUT2D eigenvalue weighted by Gasteiger charge is -2.32. The van der Waals surface area contributed by atoms with E-state index in [0.717, 1.165) is 124 Å². The van der Waals surface area contributed by atoms with Crippen LogP contribution in [-0.4, -0.2) is 200 Å². The molecule has 5 atom stereocenters. The van der Waals surface area contributed by atoms with Crippen LogP contribution in [0.4, 0.5) is 98.8 Å². The van der Waals surface area contributed by atoms with E-state index in [1.54, 1.807) is 88.8 Å². The summed E-state index contributed by atoms with van der Waals surface area (Å²) in [6.07, 6.45) is 19.7. The van der Waals surface area contributed by atoms with Gasteiger partial charge in [0.05, 0.1) is 64.0 Å². The number of nitrogens with one attached hydrogen (secondary N) is 9. The highest BCUT2D eigenvalue weighted by Gasteiger charge is 2.28. The number of rotatable bonds is 31. The number of aromatic nitrogens is 9. The molecule has 5 saturated heterocycles. The van der Waals surface area contributed by atoms with E-state index in [1.807, 2.05) is 78.9 Å². The number of methoxy groups -OCH3 is 1. The summed E-state index contributed by atoms with van der Waals surface area (Å²) < 4.78 is 95.7. The van der Waals surface area contributed by atoms with Gasteiger partial charge < -0.3 is 95.7 Å². The minimum Gasteiger partial charge on any atom is -0.491 e. The van der Waals surface area contributed by atoms with Crippen molar-refractivity contribution in [2.45, 2.75) is 81.7 Å². The highest BCUT2D eigenvalue weighted by molar-refractivity contribution is 5.99. The molecule has 5 aliphatic heterocycles. The maximum atomic E-state index is 14.3. The third-order valence-corrected chi connectivity index (χ3v) is 19.5. The van der Waals surface area contributed by atoms with Crippen LogP contribution in [0.1, 0.15) is 51.4 Å². The first-order valence-corrected chi connectivity index (χ1v) is 40.5. The number of halogens is 4. The summed E-state index contributed by atoms with van der Waals surface area (Å²) >= 11 is 0. The van der Waals surface area contributed by atoms with E-state index in [9.17, 15) is 36.7 Å². The van der Waals surface area contributed by atoms with Gasteiger partial charge in [-0.25, -0.2) is 37.5 Å². The average Bonchev–Trinajstić information content (AvgIpc) is 1.76. The summed E-state index contributed by atoms with van der Waals surface area (Å²) in [4.78, 5) is 89.2. The molecular formula is C89H97F4N21O11. The maximum absolute atomic E-state index is 14.3. The van der Waals surface area contributed by atoms with Crippen molar-refractivity contribution < 1.29 is 69.9 Å². The molecule has 0 saturated carbocycles. The summed E-state index contributed by atoms with van der Waals surface area (Å²) in [5.74, 6) is 1.87. The van der Waals surface area contributed by atoms with Crippen LogP contribution in [0, 0.1) is 23.3 Å². The number of hydrogen-bond donors (Lipinski definition) is 9. The number of nitrogens with zero attached hydrogens (tertiary/aromatic N) is 12. The second-order valence-corrected chi connectivity index (χ2v) is 28.8. The Morgan fingerprint density at radius 1 is 0.432 bits per heavy atom. The van der Waals surface area contributed by atoms with Gasteiger partial charge in [0.25, 0.3) is 0 Å². The molecule has 4 amide bonds. The molecule has 652 valence electrons. The number of amides is 4. The Hall–Kier alpha value is -14.4. The SMILES string of the molecule is C=CC(=O)N1CCC[C@@H](Nc2nc(Nc3ccc(OCCOC)cc3)ncc2F)C1.C=CC(=O)N1CCC[C@@H](Nc2nc(Nc3ccc(O[C@@H]4CCOC4)cc3)ncc2F)C1.C=CC(=O)N1CCC[C@@H](Nc2nc(Nc3ccc(O[C@H]4CCOC4)cc3)ncc2F)C1.C=CC(=O)Nc1cccc(Nc2nc(Nc3ccc(Oc4cccnc4)cc3)ncc2F)c1. The molecule has 10 aromatic rings. The van der Waals surface area contributed by atoms with Gasteiger partial charge in [0.2, 0.25) is 47.4 Å². The van der Waals surface area contributed by atoms with Crippen molar-refractivity contribution in [1.82, 2.24) is 59.6 Å². The van der Waals surface area contributed by atoms with Crippen LogP contribution in [0.25, 0.3) is 0 Å². The zero-order valence-corrected chi connectivity index (χ0v) is 68.7. The molecule has 0 aliphatic carbocycles. The van der Waals surface area contributed by atoms with Crippen molar-refractivity contribution in [3.63, 3.8) is 0 Å². The molecule has 5 aliphatic rings. The van der Waals surface area contributed by atoms with Crippen LogP contribution in [-0.2, 0) is 33.4 Å². The van der Waals surface area contributed by atoms with E-state index in [-0.39, 0.29) is 101 Å². The maximum Gasteiger partial charge on any atom is 0.247 e. The van der Waals surface area contributed by atoms with E-state index >= 15 is 0 Å². The third kappa shape index (κ3) is 28.1. The molecule has 32 nitrogen and oxygen atoms in total. The minimum atomic E-state index is -0.624. The van der Waals surface area contributed by atoms with E-state index in [4.69, 9.17) is 33.2 Å². The first-order chi connectivity index (χ1) is 60.9. The quantitative estimate of drug-likeness (QED) is 0.0111. The van der Waals surface area contributed by atoms with Crippen LogP contribution >= 0.6 is 0 Å². The fraction of sp³-hybridized carbons (Fsp3) is 0.292. The van der Waals surface area contributed by atoms with Gasteiger partial charge in [-0.15, -0.1) is 0 Å². The molecule has 10 heterocycles. The standard InChI is InChI=1S/C24H19FN6O2.2C22H26FN5O3.C21H26FN5O3/c1-2-22(32)28-17-5-3-6-18(13-17)29-23-21(25)15-27-24(31-23)30-16-8-10-19(11-9-16)33-20-7-4-12-26-14-20;2*1-2-20(29)28-10-3-4-16(13-28)25-21-19(23)12-24-22(27-21)26-15-5-7-17(8-6-15)31-18-9-11-30-14-18;1-3-19(28)27-10-4-5-16(14-27)24-20-18(22)13-23-21(26-20)25-15-6-8-17(9-7-15)30-12-11-29-2/h2-15H,1H2,(H,28,32)(H2,27,29,30,31);2*2,5-8,12,16,18H,1,3-4,9-11,13-14H2,(H2,24,25,26,27);3,6-9,13,16H,1,4-5,10-12,14H2,2H3,(H2,23,24,25,26)/t;16-,18+;16-,18-;16-/m.111/s1. The van der Waals surface area contributed by atoms with Gasteiger partial charge in [-0.05, 0) is 190 Å². The number of ether oxygens (including phenoxy) is 7. The lowest BCUT2D eigenvalue weighted by atomic mass is 10.1. The fourth-order valence-electron chi connectivity index (χ4n) is 13.3. The number of piperidine rings is 3. The lowest BCUT2D eigenvalue weighted by Crippen LogP contribution is -2.44. The highest BCUT2D eigenvalue weighted by Crippen LogP contribution is 2.31. The summed E-state index contributed by atoms with van der Waals surface area (Å²) in [7, 11) is 1.62. The summed E-state index contributed by atoms with van der Waals surface area (Å²) in [5, 5.41) is 27.1. The van der Waals surface area contributed by atoms with Crippen LogP contribution in [0.5, 0.6) is 28.7 Å². The predicted molar refractivity (Wildman–Crippen MR) is 467 cm³/mol. The smallest absolute Gasteiger partial charge is 0.247 e. The zero-order chi connectivity index (χ0) is 87.7. The van der Waals surface area contributed by atoms with Crippen LogP contribution in [0.15, 0.2) is 221 Å². The van der Waals surface area contributed by atoms with Crippen molar-refractivity contribution in [2.24, 2.45) is 0 Å². The second kappa shape index (κ2) is 46.0. The largest absolute Gasteiger partial charge is 0.491 e. The Kier molecular flexibility index (Phi) is 33.1. The normalized spacial score (nSPS) is 16.9. The Morgan fingerprint density at radius 3 is 1.20 bits per heavy atom. The van der Waals surface area contributed by atoms with Gasteiger partial charge in [-0.2, -0.15) is 19.9 Å². The lowest BCUT2D eigenvalue weighted by molar-refractivity contribution is -0.127. The molecule has 125 heavy (non-hydrogen) atoms. The first-order valence-electron chi connectivity index (χ1n) is 40.5. The van der Waals surface area contributed by atoms with Gasteiger partial charge in [0, 0.05) is 118 Å². The summed E-state index contributed by atoms with van der Waals surface area (Å²) in [6, 6.07) is 39.4. The molecule has 0 spiro atoms. The molecular weight excluding hydrogens is 1620 g/mol. The Morgan fingerprint density at radius 2 is 0.824 bits per heavy atom. The van der Waals surface area contributed by atoms with E-state index in [0.29, 0.717) is 94.3 Å². The molecule has 15 rings (SSSR count). The molecule has 36 heteroatoms. The molecule has 5 aromatic carbocycles. The predicted octanol–water partition coefficient (Wildman–Crippen LogP) is 14.6. The van der Waals surface area contributed by atoms with Crippen molar-refractivity contribution in [3.05, 3.63) is 245 Å².